The monoisotopic (exact) mass is 252 g/mol. The molecule has 0 N–H and O–H groups in total. The Morgan fingerprint density at radius 3 is 2.42 bits per heavy atom. The zero-order chi connectivity index (χ0) is 13.8. The van der Waals surface area contributed by atoms with Gasteiger partial charge in [-0.2, -0.15) is 5.26 Å². The fourth-order valence-corrected chi connectivity index (χ4v) is 1.91. The summed E-state index contributed by atoms with van der Waals surface area (Å²) in [6.45, 7) is 5.93. The number of hydrogen-bond donors (Lipinski definition) is 0. The highest BCUT2D eigenvalue weighted by Gasteiger charge is 2.19. The van der Waals surface area contributed by atoms with Crippen LogP contribution in [-0.4, -0.2) is 15.0 Å². The second kappa shape index (κ2) is 5.57. The van der Waals surface area contributed by atoms with Crippen LogP contribution in [0, 0.1) is 24.2 Å². The minimum Gasteiger partial charge on any atom is -0.265 e. The Labute approximate surface area is 113 Å². The standard InChI is InChI=1S/C15H16N4/c1-10(2)13(9-16)15-18-11(3)8-14(19-15)12-4-6-17-7-5-12/h4-8,10,13H,1-3H3. The Morgan fingerprint density at radius 1 is 1.16 bits per heavy atom. The van der Waals surface area contributed by atoms with E-state index in [-0.39, 0.29) is 11.8 Å². The van der Waals surface area contributed by atoms with Gasteiger partial charge in [0.25, 0.3) is 0 Å². The zero-order valence-electron chi connectivity index (χ0n) is 11.3. The van der Waals surface area contributed by atoms with Crippen LogP contribution in [0.4, 0.5) is 0 Å². The first-order valence-corrected chi connectivity index (χ1v) is 6.27. The molecule has 2 heterocycles. The number of aryl methyl sites for hydroxylation is 1. The van der Waals surface area contributed by atoms with Crippen molar-refractivity contribution < 1.29 is 0 Å². The fraction of sp³-hybridized carbons (Fsp3) is 0.333. The first-order chi connectivity index (χ1) is 9.11. The quantitative estimate of drug-likeness (QED) is 0.842. The zero-order valence-corrected chi connectivity index (χ0v) is 11.3. The smallest absolute Gasteiger partial charge is 0.146 e. The van der Waals surface area contributed by atoms with E-state index in [1.54, 1.807) is 12.4 Å². The van der Waals surface area contributed by atoms with Crippen molar-refractivity contribution in [3.8, 4) is 17.3 Å². The Hall–Kier alpha value is -2.28. The third-order valence-corrected chi connectivity index (χ3v) is 2.93. The maximum absolute atomic E-state index is 9.26. The van der Waals surface area contributed by atoms with Gasteiger partial charge in [0, 0.05) is 23.7 Å². The molecule has 2 rings (SSSR count). The van der Waals surface area contributed by atoms with Crippen molar-refractivity contribution in [2.45, 2.75) is 26.7 Å². The van der Waals surface area contributed by atoms with Crippen LogP contribution >= 0.6 is 0 Å². The van der Waals surface area contributed by atoms with Crippen molar-refractivity contribution in [2.24, 2.45) is 5.92 Å². The van der Waals surface area contributed by atoms with Gasteiger partial charge in [0.15, 0.2) is 0 Å². The summed E-state index contributed by atoms with van der Waals surface area (Å²) in [6.07, 6.45) is 3.47. The molecule has 0 radical (unpaired) electrons. The van der Waals surface area contributed by atoms with Crippen molar-refractivity contribution in [1.82, 2.24) is 15.0 Å². The summed E-state index contributed by atoms with van der Waals surface area (Å²) >= 11 is 0. The highest BCUT2D eigenvalue weighted by Crippen LogP contribution is 2.24. The largest absolute Gasteiger partial charge is 0.265 e. The summed E-state index contributed by atoms with van der Waals surface area (Å²) in [7, 11) is 0. The third-order valence-electron chi connectivity index (χ3n) is 2.93. The minimum atomic E-state index is -0.277. The Bertz CT molecular complexity index is 599. The van der Waals surface area contributed by atoms with Gasteiger partial charge in [-0.25, -0.2) is 9.97 Å². The van der Waals surface area contributed by atoms with Crippen LogP contribution in [-0.2, 0) is 0 Å². The lowest BCUT2D eigenvalue weighted by molar-refractivity contribution is 0.560. The molecule has 1 unspecified atom stereocenters. The molecule has 2 aromatic rings. The molecule has 0 aromatic carbocycles. The van der Waals surface area contributed by atoms with Gasteiger partial charge in [-0.1, -0.05) is 13.8 Å². The van der Waals surface area contributed by atoms with E-state index in [1.807, 2.05) is 39.0 Å². The maximum Gasteiger partial charge on any atom is 0.146 e. The third kappa shape index (κ3) is 2.94. The summed E-state index contributed by atoms with van der Waals surface area (Å²) in [5.41, 5.74) is 2.70. The molecule has 0 amide bonds. The Kier molecular flexibility index (Phi) is 3.86. The highest BCUT2D eigenvalue weighted by molar-refractivity contribution is 5.58. The molecule has 0 saturated carbocycles. The number of hydrogen-bond acceptors (Lipinski definition) is 4. The molecule has 0 saturated heterocycles. The van der Waals surface area contributed by atoms with E-state index in [1.165, 1.54) is 0 Å². The second-order valence-corrected chi connectivity index (χ2v) is 4.84. The lowest BCUT2D eigenvalue weighted by atomic mass is 9.96. The molecule has 0 fully saturated rings. The van der Waals surface area contributed by atoms with E-state index >= 15 is 0 Å². The molecule has 2 aromatic heterocycles. The van der Waals surface area contributed by atoms with Crippen LogP contribution in [0.15, 0.2) is 30.6 Å². The van der Waals surface area contributed by atoms with Gasteiger partial charge in [-0.05, 0) is 31.0 Å². The number of rotatable bonds is 3. The van der Waals surface area contributed by atoms with Crippen LogP contribution in [0.1, 0.15) is 31.3 Å². The van der Waals surface area contributed by atoms with Gasteiger partial charge in [0.2, 0.25) is 0 Å². The van der Waals surface area contributed by atoms with E-state index in [4.69, 9.17) is 0 Å². The van der Waals surface area contributed by atoms with Crippen LogP contribution < -0.4 is 0 Å². The van der Waals surface area contributed by atoms with Crippen LogP contribution in [0.3, 0.4) is 0 Å². The SMILES string of the molecule is Cc1cc(-c2ccncc2)nc(C(C#N)C(C)C)n1. The van der Waals surface area contributed by atoms with Crippen molar-refractivity contribution in [1.29, 1.82) is 5.26 Å². The Balaban J connectivity index is 2.49. The van der Waals surface area contributed by atoms with Crippen molar-refractivity contribution in [2.75, 3.05) is 0 Å². The van der Waals surface area contributed by atoms with E-state index in [9.17, 15) is 5.26 Å². The molecule has 1 atom stereocenters. The van der Waals surface area contributed by atoms with Gasteiger partial charge >= 0.3 is 0 Å². The van der Waals surface area contributed by atoms with Crippen LogP contribution in [0.5, 0.6) is 0 Å². The summed E-state index contributed by atoms with van der Waals surface area (Å²) < 4.78 is 0. The number of pyridine rings is 1. The predicted molar refractivity (Wildman–Crippen MR) is 73.2 cm³/mol. The molecule has 4 heteroatoms. The molecular formula is C15H16N4. The van der Waals surface area contributed by atoms with E-state index in [0.29, 0.717) is 5.82 Å². The lowest BCUT2D eigenvalue weighted by Gasteiger charge is -2.13. The average Bonchev–Trinajstić information content (AvgIpc) is 2.39. The maximum atomic E-state index is 9.26. The summed E-state index contributed by atoms with van der Waals surface area (Å²) in [5, 5.41) is 9.26. The van der Waals surface area contributed by atoms with Gasteiger partial charge < -0.3 is 0 Å². The van der Waals surface area contributed by atoms with Crippen molar-refractivity contribution in [3.05, 3.63) is 42.1 Å². The van der Waals surface area contributed by atoms with Crippen LogP contribution in [0.2, 0.25) is 0 Å². The number of nitriles is 1. The molecule has 96 valence electrons. The summed E-state index contributed by atoms with van der Waals surface area (Å²) in [5.74, 6) is 0.516. The molecule has 0 aliphatic rings. The normalized spacial score (nSPS) is 12.2. The molecular weight excluding hydrogens is 236 g/mol. The molecule has 4 nitrogen and oxygen atoms in total. The van der Waals surface area contributed by atoms with Gasteiger partial charge in [-0.3, -0.25) is 4.98 Å². The average molecular weight is 252 g/mol. The number of aromatic nitrogens is 3. The minimum absolute atomic E-state index is 0.192. The summed E-state index contributed by atoms with van der Waals surface area (Å²) in [4.78, 5) is 12.9. The Morgan fingerprint density at radius 2 is 1.84 bits per heavy atom. The topological polar surface area (TPSA) is 62.5 Å². The second-order valence-electron chi connectivity index (χ2n) is 4.84. The molecule has 0 aliphatic carbocycles. The molecule has 19 heavy (non-hydrogen) atoms. The van der Waals surface area contributed by atoms with Crippen LogP contribution in [0.25, 0.3) is 11.3 Å². The highest BCUT2D eigenvalue weighted by atomic mass is 14.9. The van der Waals surface area contributed by atoms with E-state index in [0.717, 1.165) is 17.0 Å². The van der Waals surface area contributed by atoms with Gasteiger partial charge in [0.05, 0.1) is 11.8 Å². The molecule has 0 aliphatic heterocycles. The molecule has 0 bridgehead atoms. The van der Waals surface area contributed by atoms with Crippen molar-refractivity contribution in [3.63, 3.8) is 0 Å². The predicted octanol–water partition coefficient (Wildman–Crippen LogP) is 3.11. The first kappa shape index (κ1) is 13.2. The van der Waals surface area contributed by atoms with Gasteiger partial charge in [0.1, 0.15) is 11.7 Å². The van der Waals surface area contributed by atoms with E-state index < -0.39 is 0 Å². The fourth-order valence-electron chi connectivity index (χ4n) is 1.91. The summed E-state index contributed by atoms with van der Waals surface area (Å²) in [6, 6.07) is 8.02. The van der Waals surface area contributed by atoms with Crippen molar-refractivity contribution >= 4 is 0 Å². The number of nitrogens with zero attached hydrogens (tertiary/aromatic N) is 4. The van der Waals surface area contributed by atoms with Gasteiger partial charge in [-0.15, -0.1) is 0 Å². The lowest BCUT2D eigenvalue weighted by Crippen LogP contribution is -2.10. The van der Waals surface area contributed by atoms with E-state index in [2.05, 4.69) is 21.0 Å². The first-order valence-electron chi connectivity index (χ1n) is 6.27. The molecule has 0 spiro atoms.